The van der Waals surface area contributed by atoms with E-state index in [2.05, 4.69) is 9.50 Å². The Kier molecular flexibility index (Phi) is 5.14. The molecule has 4 rings (SSSR count). The number of benzene rings is 3. The van der Waals surface area contributed by atoms with Crippen LogP contribution >= 0.6 is 0 Å². The third kappa shape index (κ3) is 4.20. The van der Waals surface area contributed by atoms with Crippen molar-refractivity contribution in [3.05, 3.63) is 95.6 Å². The van der Waals surface area contributed by atoms with Gasteiger partial charge in [0.25, 0.3) is 10.0 Å². The lowest BCUT2D eigenvalue weighted by atomic mass is 10.2. The Morgan fingerprint density at radius 3 is 2.41 bits per heavy atom. The number of fused-ring (bicyclic) bond motifs is 1. The Labute approximate surface area is 169 Å². The number of rotatable bonds is 5. The molecule has 0 N–H and O–H groups in total. The fourth-order valence-corrected chi connectivity index (χ4v) is 4.15. The summed E-state index contributed by atoms with van der Waals surface area (Å²) in [6.07, 6.45) is 1.65. The Morgan fingerprint density at radius 1 is 0.966 bits per heavy atom. The highest BCUT2D eigenvalue weighted by Gasteiger charge is 2.30. The zero-order valence-corrected chi connectivity index (χ0v) is 16.6. The van der Waals surface area contributed by atoms with Gasteiger partial charge < -0.3 is 4.74 Å². The first-order valence-corrected chi connectivity index (χ1v) is 10.5. The topological polar surface area (TPSA) is 71.3 Å². The van der Waals surface area contributed by atoms with E-state index in [4.69, 9.17) is 4.74 Å². The van der Waals surface area contributed by atoms with Gasteiger partial charge in [-0.05, 0) is 47.5 Å². The molecule has 0 radical (unpaired) electrons. The number of hydrogen-bond acceptors (Lipinski definition) is 5. The first-order chi connectivity index (χ1) is 14.0. The summed E-state index contributed by atoms with van der Waals surface area (Å²) in [6.45, 7) is 0.505. The molecule has 0 saturated carbocycles. The van der Waals surface area contributed by atoms with Gasteiger partial charge in [0.05, 0.1) is 6.21 Å². The van der Waals surface area contributed by atoms with Crippen molar-refractivity contribution in [2.24, 2.45) is 9.50 Å². The molecule has 0 saturated heterocycles. The molecule has 3 aromatic rings. The normalized spacial score (nSPS) is 14.4. The molecule has 0 atom stereocenters. The Bertz CT molecular complexity index is 1170. The largest absolute Gasteiger partial charge is 0.489 e. The summed E-state index contributed by atoms with van der Waals surface area (Å²) in [5.74, 6) is 1.07. The van der Waals surface area contributed by atoms with Crippen LogP contribution in [-0.4, -0.2) is 32.5 Å². The van der Waals surface area contributed by atoms with Crippen LogP contribution in [0.3, 0.4) is 0 Å². The molecule has 3 aromatic carbocycles. The van der Waals surface area contributed by atoms with Crippen LogP contribution < -0.4 is 4.74 Å². The fourth-order valence-electron chi connectivity index (χ4n) is 2.92. The third-order valence-corrected chi connectivity index (χ3v) is 5.75. The number of nitrogens with zero attached hydrogens (tertiary/aromatic N) is 3. The second-order valence-electron chi connectivity index (χ2n) is 6.50. The van der Waals surface area contributed by atoms with E-state index < -0.39 is 10.0 Å². The highest BCUT2D eigenvalue weighted by Crippen LogP contribution is 2.27. The Morgan fingerprint density at radius 2 is 1.66 bits per heavy atom. The number of ether oxygens (including phenoxy) is 1. The summed E-state index contributed by atoms with van der Waals surface area (Å²) in [7, 11) is -1.99. The van der Waals surface area contributed by atoms with Gasteiger partial charge in [-0.2, -0.15) is 13.5 Å². The van der Waals surface area contributed by atoms with Crippen LogP contribution in [0.15, 0.2) is 93.3 Å². The van der Waals surface area contributed by atoms with Crippen LogP contribution in [0.2, 0.25) is 0 Å². The smallest absolute Gasteiger partial charge is 0.285 e. The zero-order valence-electron chi connectivity index (χ0n) is 15.8. The van der Waals surface area contributed by atoms with Crippen molar-refractivity contribution in [1.29, 1.82) is 0 Å². The second-order valence-corrected chi connectivity index (χ2v) is 8.07. The van der Waals surface area contributed by atoms with Crippen molar-refractivity contribution < 1.29 is 13.2 Å². The summed E-state index contributed by atoms with van der Waals surface area (Å²) in [6, 6.07) is 24.2. The second kappa shape index (κ2) is 7.89. The van der Waals surface area contributed by atoms with Gasteiger partial charge in [-0.15, -0.1) is 4.40 Å². The number of sulfonamides is 1. The first kappa shape index (κ1) is 18.9. The van der Waals surface area contributed by atoms with Crippen LogP contribution in [0.4, 0.5) is 0 Å². The molecule has 7 heteroatoms. The summed E-state index contributed by atoms with van der Waals surface area (Å²) in [5, 5.41) is 5.80. The molecule has 0 aliphatic carbocycles. The molecular formula is C22H19N3O3S. The number of hydrazone groups is 1. The van der Waals surface area contributed by atoms with Crippen molar-refractivity contribution >= 4 is 22.1 Å². The predicted molar refractivity (Wildman–Crippen MR) is 113 cm³/mol. The minimum atomic E-state index is -3.66. The Balaban J connectivity index is 1.43. The average Bonchev–Trinajstić information content (AvgIpc) is 3.03. The minimum Gasteiger partial charge on any atom is -0.489 e. The van der Waals surface area contributed by atoms with E-state index >= 15 is 0 Å². The molecule has 0 spiro atoms. The molecule has 1 heterocycles. The van der Waals surface area contributed by atoms with E-state index in [1.807, 2.05) is 54.6 Å². The van der Waals surface area contributed by atoms with Crippen LogP contribution in [0.25, 0.3) is 0 Å². The highest BCUT2D eigenvalue weighted by atomic mass is 32.2. The van der Waals surface area contributed by atoms with Gasteiger partial charge in [-0.3, -0.25) is 0 Å². The predicted octanol–water partition coefficient (Wildman–Crippen LogP) is 3.68. The van der Waals surface area contributed by atoms with Crippen molar-refractivity contribution in [2.45, 2.75) is 11.5 Å². The van der Waals surface area contributed by atoms with E-state index in [0.29, 0.717) is 18.0 Å². The fraction of sp³-hybridized carbons (Fsp3) is 0.0909. The lowest BCUT2D eigenvalue weighted by Gasteiger charge is -2.12. The van der Waals surface area contributed by atoms with Gasteiger partial charge in [0.15, 0.2) is 5.84 Å². The highest BCUT2D eigenvalue weighted by molar-refractivity contribution is 7.90. The molecule has 0 fully saturated rings. The molecule has 0 amide bonds. The van der Waals surface area contributed by atoms with Crippen molar-refractivity contribution in [3.63, 3.8) is 0 Å². The Hall–Kier alpha value is -3.45. The zero-order chi connectivity index (χ0) is 20.3. The SMILES string of the molecule is CN(/N=C/c1ccc(OCc2ccccc2)cc1)C1=NS(=O)(=O)c2ccccc21. The molecule has 0 unspecified atom stereocenters. The van der Waals surface area contributed by atoms with Gasteiger partial charge in [0, 0.05) is 12.6 Å². The number of hydrogen-bond donors (Lipinski definition) is 0. The van der Waals surface area contributed by atoms with Gasteiger partial charge in [0.2, 0.25) is 0 Å². The minimum absolute atomic E-state index is 0.206. The first-order valence-electron chi connectivity index (χ1n) is 9.02. The monoisotopic (exact) mass is 405 g/mol. The average molecular weight is 405 g/mol. The van der Waals surface area contributed by atoms with Crippen molar-refractivity contribution in [3.8, 4) is 5.75 Å². The lowest BCUT2D eigenvalue weighted by Crippen LogP contribution is -2.21. The van der Waals surface area contributed by atoms with Crippen LogP contribution in [-0.2, 0) is 16.6 Å². The van der Waals surface area contributed by atoms with Crippen molar-refractivity contribution in [1.82, 2.24) is 5.01 Å². The van der Waals surface area contributed by atoms with E-state index in [1.54, 1.807) is 37.5 Å². The van der Waals surface area contributed by atoms with E-state index in [9.17, 15) is 8.42 Å². The van der Waals surface area contributed by atoms with Gasteiger partial charge >= 0.3 is 0 Å². The maximum atomic E-state index is 12.2. The van der Waals surface area contributed by atoms with Crippen molar-refractivity contribution in [2.75, 3.05) is 7.05 Å². The van der Waals surface area contributed by atoms with Gasteiger partial charge in [-0.25, -0.2) is 5.01 Å². The van der Waals surface area contributed by atoms with Gasteiger partial charge in [0.1, 0.15) is 17.3 Å². The van der Waals surface area contributed by atoms with Crippen LogP contribution in [0, 0.1) is 0 Å². The quantitative estimate of drug-likeness (QED) is 0.480. The molecule has 0 bridgehead atoms. The molecule has 0 aromatic heterocycles. The van der Waals surface area contributed by atoms with Crippen LogP contribution in [0.1, 0.15) is 16.7 Å². The maximum Gasteiger partial charge on any atom is 0.285 e. The number of amidine groups is 1. The summed E-state index contributed by atoms with van der Waals surface area (Å²) < 4.78 is 34.0. The molecule has 146 valence electrons. The molecular weight excluding hydrogens is 386 g/mol. The maximum absolute atomic E-state index is 12.2. The van der Waals surface area contributed by atoms with E-state index in [0.717, 1.165) is 16.9 Å². The molecule has 1 aliphatic heterocycles. The van der Waals surface area contributed by atoms with E-state index in [1.165, 1.54) is 5.01 Å². The summed E-state index contributed by atoms with van der Waals surface area (Å²) in [4.78, 5) is 0.206. The third-order valence-electron chi connectivity index (χ3n) is 4.43. The van der Waals surface area contributed by atoms with E-state index in [-0.39, 0.29) is 4.90 Å². The standard InChI is InChI=1S/C22H19N3O3S/c1-25(22-20-9-5-6-10-21(20)29(26,27)24-22)23-15-17-11-13-19(14-12-17)28-16-18-7-3-2-4-8-18/h2-15H,16H2,1H3/b23-15+. The molecule has 29 heavy (non-hydrogen) atoms. The summed E-state index contributed by atoms with van der Waals surface area (Å²) in [5.41, 5.74) is 2.52. The summed E-state index contributed by atoms with van der Waals surface area (Å²) >= 11 is 0. The lowest BCUT2D eigenvalue weighted by molar-refractivity contribution is 0.306. The molecule has 6 nitrogen and oxygen atoms in total. The van der Waals surface area contributed by atoms with Gasteiger partial charge in [-0.1, -0.05) is 42.5 Å². The molecule has 1 aliphatic rings. The van der Waals surface area contributed by atoms with Crippen LogP contribution in [0.5, 0.6) is 5.75 Å².